The lowest BCUT2D eigenvalue weighted by Gasteiger charge is -2.39. The van der Waals surface area contributed by atoms with E-state index in [1.165, 1.54) is 36.1 Å². The summed E-state index contributed by atoms with van der Waals surface area (Å²) < 4.78 is 44.1. The van der Waals surface area contributed by atoms with Crippen molar-refractivity contribution in [1.29, 1.82) is 0 Å². The van der Waals surface area contributed by atoms with Gasteiger partial charge in [-0.05, 0) is 68.5 Å². The van der Waals surface area contributed by atoms with Crippen molar-refractivity contribution in [2.45, 2.75) is 56.7 Å². The Morgan fingerprint density at radius 2 is 1.78 bits per heavy atom. The molecule has 2 saturated heterocycles. The molecular weight excluding hydrogens is 445 g/mol. The zero-order chi connectivity index (χ0) is 23.2. The third-order valence-electron chi connectivity index (χ3n) is 6.23. The predicted molar refractivity (Wildman–Crippen MR) is 113 cm³/mol. The molecule has 0 spiro atoms. The predicted octanol–water partition coefficient (Wildman–Crippen LogP) is 4.65. The standard InChI is InChI=1S/C23H22ClF3N2O3/c1-12-2-3-13(21(31)28-14-4-7-20(25)19(24)9-14)8-18(12)23(26,27)22(32)29-15-5-6-16(29)11-17(30)10-15/h2-4,7-9,15-17,30H,5-6,10-11H2,1H3,(H,28,31). The number of aliphatic hydroxyl groups excluding tert-OH is 1. The van der Waals surface area contributed by atoms with Crippen molar-refractivity contribution in [3.8, 4) is 0 Å². The summed E-state index contributed by atoms with van der Waals surface area (Å²) in [7, 11) is 0. The number of hydrogen-bond acceptors (Lipinski definition) is 3. The lowest BCUT2D eigenvalue weighted by Crippen LogP contribution is -2.53. The molecule has 0 saturated carbocycles. The maximum Gasteiger partial charge on any atom is 0.350 e. The van der Waals surface area contributed by atoms with Gasteiger partial charge in [0, 0.05) is 28.9 Å². The lowest BCUT2D eigenvalue weighted by molar-refractivity contribution is -0.165. The van der Waals surface area contributed by atoms with Gasteiger partial charge in [-0.2, -0.15) is 8.78 Å². The number of anilines is 1. The largest absolute Gasteiger partial charge is 0.393 e. The van der Waals surface area contributed by atoms with Gasteiger partial charge in [-0.15, -0.1) is 0 Å². The van der Waals surface area contributed by atoms with Gasteiger partial charge in [-0.1, -0.05) is 17.7 Å². The molecule has 2 aromatic carbocycles. The summed E-state index contributed by atoms with van der Waals surface area (Å²) in [5.41, 5.74) is -0.239. The van der Waals surface area contributed by atoms with Crippen LogP contribution in [0.5, 0.6) is 0 Å². The highest BCUT2D eigenvalue weighted by Crippen LogP contribution is 2.41. The highest BCUT2D eigenvalue weighted by atomic mass is 35.5. The van der Waals surface area contributed by atoms with Crippen LogP contribution in [0.4, 0.5) is 18.9 Å². The van der Waals surface area contributed by atoms with Crippen molar-refractivity contribution in [1.82, 2.24) is 4.90 Å². The lowest BCUT2D eigenvalue weighted by atomic mass is 9.95. The molecule has 2 aromatic rings. The molecule has 2 N–H and O–H groups in total. The summed E-state index contributed by atoms with van der Waals surface area (Å²) in [6.07, 6.45) is 1.18. The molecule has 0 aliphatic carbocycles. The first-order valence-corrected chi connectivity index (χ1v) is 10.7. The van der Waals surface area contributed by atoms with Gasteiger partial charge in [0.1, 0.15) is 5.82 Å². The Kier molecular flexibility index (Phi) is 5.94. The number of carbonyl (C=O) groups is 2. The van der Waals surface area contributed by atoms with Crippen LogP contribution >= 0.6 is 11.6 Å². The number of hydrogen-bond donors (Lipinski definition) is 2. The molecule has 4 rings (SSSR count). The van der Waals surface area contributed by atoms with E-state index >= 15 is 8.78 Å². The van der Waals surface area contributed by atoms with Crippen LogP contribution < -0.4 is 5.32 Å². The molecule has 0 radical (unpaired) electrons. The van der Waals surface area contributed by atoms with E-state index in [9.17, 15) is 19.1 Å². The van der Waals surface area contributed by atoms with E-state index in [0.29, 0.717) is 25.7 Å². The second kappa shape index (κ2) is 8.41. The third-order valence-corrected chi connectivity index (χ3v) is 6.52. The topological polar surface area (TPSA) is 69.6 Å². The molecule has 170 valence electrons. The van der Waals surface area contributed by atoms with Gasteiger partial charge < -0.3 is 15.3 Å². The minimum atomic E-state index is -3.83. The third kappa shape index (κ3) is 4.09. The minimum Gasteiger partial charge on any atom is -0.393 e. The van der Waals surface area contributed by atoms with E-state index < -0.39 is 47.3 Å². The molecule has 5 nitrogen and oxygen atoms in total. The number of aliphatic hydroxyl groups is 1. The minimum absolute atomic E-state index is 0.0736. The second-order valence-corrected chi connectivity index (χ2v) is 8.82. The molecular formula is C23H22ClF3N2O3. The quantitative estimate of drug-likeness (QED) is 0.689. The SMILES string of the molecule is Cc1ccc(C(=O)Nc2ccc(F)c(Cl)c2)cc1C(F)(F)C(=O)N1C2CCC1CC(O)C2. The zero-order valence-corrected chi connectivity index (χ0v) is 18.0. The Morgan fingerprint density at radius 1 is 1.12 bits per heavy atom. The molecule has 2 heterocycles. The fourth-order valence-corrected chi connectivity index (χ4v) is 4.82. The van der Waals surface area contributed by atoms with E-state index in [1.54, 1.807) is 0 Å². The van der Waals surface area contributed by atoms with Crippen LogP contribution in [0.3, 0.4) is 0 Å². The number of benzene rings is 2. The van der Waals surface area contributed by atoms with Crippen LogP contribution in [-0.4, -0.2) is 40.0 Å². The summed E-state index contributed by atoms with van der Waals surface area (Å²) in [6, 6.07) is 6.52. The molecule has 2 unspecified atom stereocenters. The number of alkyl halides is 2. The maximum atomic E-state index is 15.4. The summed E-state index contributed by atoms with van der Waals surface area (Å²) in [4.78, 5) is 26.8. The van der Waals surface area contributed by atoms with Crippen LogP contribution in [0.25, 0.3) is 0 Å². The highest BCUT2D eigenvalue weighted by Gasteiger charge is 2.52. The summed E-state index contributed by atoms with van der Waals surface area (Å²) in [5.74, 6) is -6.48. The molecule has 2 aliphatic heterocycles. The van der Waals surface area contributed by atoms with Gasteiger partial charge in [-0.25, -0.2) is 4.39 Å². The molecule has 9 heteroatoms. The molecule has 2 bridgehead atoms. The molecule has 2 fully saturated rings. The first kappa shape index (κ1) is 22.6. The van der Waals surface area contributed by atoms with Gasteiger partial charge in [0.05, 0.1) is 11.1 Å². The normalized spacial score (nSPS) is 22.7. The Hall–Kier alpha value is -2.58. The summed E-state index contributed by atoms with van der Waals surface area (Å²) in [5, 5.41) is 12.2. The molecule has 2 amide bonds. The number of carbonyl (C=O) groups excluding carboxylic acids is 2. The van der Waals surface area contributed by atoms with Gasteiger partial charge in [0.15, 0.2) is 0 Å². The summed E-state index contributed by atoms with van der Waals surface area (Å²) >= 11 is 5.71. The van der Waals surface area contributed by atoms with Crippen LogP contribution in [-0.2, 0) is 10.7 Å². The average Bonchev–Trinajstić information content (AvgIpc) is 3.00. The Labute approximate surface area is 188 Å². The number of piperidine rings is 1. The molecule has 32 heavy (non-hydrogen) atoms. The fourth-order valence-electron chi connectivity index (χ4n) is 4.64. The molecule has 2 aliphatic rings. The Bertz CT molecular complexity index is 1060. The number of aryl methyl sites for hydroxylation is 1. The number of halogens is 4. The zero-order valence-electron chi connectivity index (χ0n) is 17.2. The van der Waals surface area contributed by atoms with E-state index in [1.807, 2.05) is 0 Å². The number of fused-ring (bicyclic) bond motifs is 2. The van der Waals surface area contributed by atoms with Crippen LogP contribution in [0, 0.1) is 12.7 Å². The second-order valence-electron chi connectivity index (χ2n) is 8.41. The number of nitrogens with one attached hydrogen (secondary N) is 1. The van der Waals surface area contributed by atoms with Gasteiger partial charge in [-0.3, -0.25) is 9.59 Å². The first-order valence-electron chi connectivity index (χ1n) is 10.3. The fraction of sp³-hybridized carbons (Fsp3) is 0.391. The van der Waals surface area contributed by atoms with Crippen molar-refractivity contribution in [3.63, 3.8) is 0 Å². The van der Waals surface area contributed by atoms with E-state index in [2.05, 4.69) is 5.32 Å². The van der Waals surface area contributed by atoms with E-state index in [4.69, 9.17) is 11.6 Å². The first-order chi connectivity index (χ1) is 15.1. The maximum absolute atomic E-state index is 15.4. The number of rotatable bonds is 4. The van der Waals surface area contributed by atoms with Crippen LogP contribution in [0.1, 0.15) is 47.2 Å². The smallest absolute Gasteiger partial charge is 0.350 e. The number of amides is 2. The van der Waals surface area contributed by atoms with Crippen molar-refractivity contribution >= 4 is 29.1 Å². The monoisotopic (exact) mass is 466 g/mol. The van der Waals surface area contributed by atoms with Crippen molar-refractivity contribution in [2.75, 3.05) is 5.32 Å². The molecule has 0 aromatic heterocycles. The van der Waals surface area contributed by atoms with E-state index in [0.717, 1.165) is 12.1 Å². The number of nitrogens with zero attached hydrogens (tertiary/aromatic N) is 1. The van der Waals surface area contributed by atoms with Crippen LogP contribution in [0.2, 0.25) is 5.02 Å². The van der Waals surface area contributed by atoms with Gasteiger partial charge in [0.25, 0.3) is 11.8 Å². The Morgan fingerprint density at radius 3 is 2.41 bits per heavy atom. The Balaban J connectivity index is 1.59. The van der Waals surface area contributed by atoms with Gasteiger partial charge in [0.2, 0.25) is 0 Å². The van der Waals surface area contributed by atoms with Crippen LogP contribution in [0.15, 0.2) is 36.4 Å². The van der Waals surface area contributed by atoms with E-state index in [-0.39, 0.29) is 21.8 Å². The van der Waals surface area contributed by atoms with Crippen molar-refractivity contribution in [2.24, 2.45) is 0 Å². The molecule has 2 atom stereocenters. The summed E-state index contributed by atoms with van der Waals surface area (Å²) in [6.45, 7) is 1.45. The van der Waals surface area contributed by atoms with Gasteiger partial charge >= 0.3 is 5.92 Å². The van der Waals surface area contributed by atoms with Crippen molar-refractivity contribution in [3.05, 3.63) is 63.9 Å². The van der Waals surface area contributed by atoms with Crippen molar-refractivity contribution < 1.29 is 27.9 Å². The highest BCUT2D eigenvalue weighted by molar-refractivity contribution is 6.31. The average molecular weight is 467 g/mol.